The quantitative estimate of drug-likeness (QED) is 0.113. The number of benzene rings is 4. The zero-order chi connectivity index (χ0) is 31.8. The van der Waals surface area contributed by atoms with Crippen LogP contribution in [0.4, 0.5) is 0 Å². The summed E-state index contributed by atoms with van der Waals surface area (Å²) in [6, 6.07) is 29.0. The average molecular weight is 599 g/mol. The molecule has 5 rings (SSSR count). The Labute approximate surface area is 275 Å². The first-order chi connectivity index (χ1) is 21.8. The Bertz CT molecular complexity index is 1410. The predicted molar refractivity (Wildman–Crippen MR) is 198 cm³/mol. The van der Waals surface area contributed by atoms with Gasteiger partial charge in [-0.2, -0.15) is 0 Å². The summed E-state index contributed by atoms with van der Waals surface area (Å²) in [5.74, 6) is 0. The molecule has 0 heteroatoms. The van der Waals surface area contributed by atoms with E-state index in [0.29, 0.717) is 0 Å². The molecule has 0 fully saturated rings. The number of aryl methyl sites for hydroxylation is 4. The fourth-order valence-corrected chi connectivity index (χ4v) is 8.21. The largest absolute Gasteiger partial charge is 0.0654 e. The molecule has 0 nitrogen and oxygen atoms in total. The van der Waals surface area contributed by atoms with Crippen LogP contribution in [0.3, 0.4) is 0 Å². The molecule has 238 valence electrons. The Balaban J connectivity index is 1.60. The molecular weight excluding hydrogens is 540 g/mol. The lowest BCUT2D eigenvalue weighted by Crippen LogP contribution is -2.25. The van der Waals surface area contributed by atoms with Crippen molar-refractivity contribution < 1.29 is 0 Å². The number of hydrogen-bond donors (Lipinski definition) is 0. The number of rotatable bonds is 16. The van der Waals surface area contributed by atoms with Crippen LogP contribution in [0.1, 0.15) is 137 Å². The molecule has 0 saturated carbocycles. The summed E-state index contributed by atoms with van der Waals surface area (Å²) in [5.41, 5.74) is 17.0. The van der Waals surface area contributed by atoms with Crippen LogP contribution in [0, 0.1) is 27.7 Å². The zero-order valence-electron chi connectivity index (χ0n) is 29.3. The number of fused-ring (bicyclic) bond motifs is 3. The van der Waals surface area contributed by atoms with Crippen LogP contribution >= 0.6 is 0 Å². The van der Waals surface area contributed by atoms with Gasteiger partial charge in [-0.1, -0.05) is 174 Å². The van der Waals surface area contributed by atoms with E-state index >= 15 is 0 Å². The normalized spacial score (nSPS) is 13.2. The Morgan fingerprint density at radius 1 is 0.378 bits per heavy atom. The Morgan fingerprint density at radius 2 is 0.733 bits per heavy atom. The van der Waals surface area contributed by atoms with Crippen molar-refractivity contribution in [1.82, 2.24) is 0 Å². The summed E-state index contributed by atoms with van der Waals surface area (Å²) in [5, 5.41) is 0. The molecule has 0 saturated heterocycles. The fraction of sp³-hybridized carbons (Fsp3) is 0.467. The third-order valence-electron chi connectivity index (χ3n) is 10.4. The van der Waals surface area contributed by atoms with E-state index in [-0.39, 0.29) is 5.41 Å². The summed E-state index contributed by atoms with van der Waals surface area (Å²) < 4.78 is 0. The molecule has 1 aliphatic rings. The van der Waals surface area contributed by atoms with E-state index in [1.54, 1.807) is 11.1 Å². The van der Waals surface area contributed by atoms with Gasteiger partial charge < -0.3 is 0 Å². The van der Waals surface area contributed by atoms with Crippen LogP contribution in [-0.4, -0.2) is 0 Å². The van der Waals surface area contributed by atoms with Gasteiger partial charge in [-0.3, -0.25) is 0 Å². The lowest BCUT2D eigenvalue weighted by atomic mass is 9.70. The standard InChI is InChI=1S/C45H58/c1-7-9-11-13-15-17-23-45(24-18-16-14-12-10-8-2)43-31-37(39-27-33(3)25-34(4)28-39)19-21-41(43)42-22-20-38(32-44(42)45)40-29-35(5)26-36(6)30-40/h19-22,25-32H,7-18,23-24H2,1-6H3. The lowest BCUT2D eigenvalue weighted by molar-refractivity contribution is 0.398. The minimum absolute atomic E-state index is 0.0734. The SMILES string of the molecule is CCCCCCCCC1(CCCCCCCC)c2cc(-c3cc(C)cc(C)c3)ccc2-c2ccc(-c3cc(C)cc(C)c3)cc21. The van der Waals surface area contributed by atoms with Crippen molar-refractivity contribution >= 4 is 0 Å². The molecule has 0 spiro atoms. The lowest BCUT2D eigenvalue weighted by Gasteiger charge is -2.33. The summed E-state index contributed by atoms with van der Waals surface area (Å²) >= 11 is 0. The average Bonchev–Trinajstić information content (AvgIpc) is 3.28. The fourth-order valence-electron chi connectivity index (χ4n) is 8.21. The van der Waals surface area contributed by atoms with E-state index in [4.69, 9.17) is 0 Å². The minimum atomic E-state index is 0.0734. The zero-order valence-corrected chi connectivity index (χ0v) is 29.3. The van der Waals surface area contributed by atoms with Gasteiger partial charge in [0.15, 0.2) is 0 Å². The molecule has 0 amide bonds. The van der Waals surface area contributed by atoms with E-state index in [1.165, 1.54) is 146 Å². The van der Waals surface area contributed by atoms with Crippen molar-refractivity contribution in [3.63, 3.8) is 0 Å². The highest BCUT2D eigenvalue weighted by Crippen LogP contribution is 2.56. The maximum atomic E-state index is 2.61. The Hall–Kier alpha value is -3.12. The molecule has 0 heterocycles. The van der Waals surface area contributed by atoms with Crippen LogP contribution in [0.2, 0.25) is 0 Å². The topological polar surface area (TPSA) is 0 Å². The van der Waals surface area contributed by atoms with Gasteiger partial charge in [0.2, 0.25) is 0 Å². The van der Waals surface area contributed by atoms with Gasteiger partial charge in [0.25, 0.3) is 0 Å². The molecule has 0 N–H and O–H groups in total. The minimum Gasteiger partial charge on any atom is -0.0654 e. The molecule has 1 aliphatic carbocycles. The van der Waals surface area contributed by atoms with Crippen LogP contribution < -0.4 is 0 Å². The highest BCUT2D eigenvalue weighted by atomic mass is 14.5. The summed E-state index contributed by atoms with van der Waals surface area (Å²) in [4.78, 5) is 0. The van der Waals surface area contributed by atoms with Gasteiger partial charge >= 0.3 is 0 Å². The molecular formula is C45H58. The molecule has 45 heavy (non-hydrogen) atoms. The second-order valence-electron chi connectivity index (χ2n) is 14.4. The monoisotopic (exact) mass is 598 g/mol. The second kappa shape index (κ2) is 15.4. The van der Waals surface area contributed by atoms with Crippen molar-refractivity contribution in [3.05, 3.63) is 106 Å². The van der Waals surface area contributed by atoms with Gasteiger partial charge in [0.1, 0.15) is 0 Å². The van der Waals surface area contributed by atoms with Gasteiger partial charge in [-0.05, 0) is 97.2 Å². The Morgan fingerprint density at radius 3 is 1.11 bits per heavy atom. The van der Waals surface area contributed by atoms with Crippen LogP contribution in [-0.2, 0) is 5.41 Å². The van der Waals surface area contributed by atoms with Gasteiger partial charge in [-0.25, -0.2) is 0 Å². The van der Waals surface area contributed by atoms with Crippen LogP contribution in [0.5, 0.6) is 0 Å². The highest BCUT2D eigenvalue weighted by Gasteiger charge is 2.42. The maximum Gasteiger partial charge on any atom is 0.0215 e. The summed E-state index contributed by atoms with van der Waals surface area (Å²) in [6.07, 6.45) is 18.6. The predicted octanol–water partition coefficient (Wildman–Crippen LogP) is 14.0. The third kappa shape index (κ3) is 7.82. The van der Waals surface area contributed by atoms with E-state index in [2.05, 4.69) is 114 Å². The van der Waals surface area contributed by atoms with E-state index in [1.807, 2.05) is 0 Å². The van der Waals surface area contributed by atoms with Crippen molar-refractivity contribution in [1.29, 1.82) is 0 Å². The van der Waals surface area contributed by atoms with Gasteiger partial charge in [0, 0.05) is 5.41 Å². The first-order valence-electron chi connectivity index (χ1n) is 18.3. The van der Waals surface area contributed by atoms with Gasteiger partial charge in [0.05, 0.1) is 0 Å². The smallest absolute Gasteiger partial charge is 0.0215 e. The molecule has 4 aromatic carbocycles. The molecule has 0 bridgehead atoms. The molecule has 4 aromatic rings. The van der Waals surface area contributed by atoms with Crippen LogP contribution in [0.15, 0.2) is 72.8 Å². The highest BCUT2D eigenvalue weighted by molar-refractivity contribution is 5.86. The molecule has 0 radical (unpaired) electrons. The number of hydrogen-bond acceptors (Lipinski definition) is 0. The van der Waals surface area contributed by atoms with Gasteiger partial charge in [-0.15, -0.1) is 0 Å². The molecule has 0 aliphatic heterocycles. The van der Waals surface area contributed by atoms with Crippen molar-refractivity contribution in [2.75, 3.05) is 0 Å². The maximum absolute atomic E-state index is 2.61. The van der Waals surface area contributed by atoms with Crippen molar-refractivity contribution in [2.24, 2.45) is 0 Å². The van der Waals surface area contributed by atoms with E-state index < -0.39 is 0 Å². The second-order valence-corrected chi connectivity index (χ2v) is 14.4. The van der Waals surface area contributed by atoms with E-state index in [0.717, 1.165) is 0 Å². The Kier molecular flexibility index (Phi) is 11.4. The van der Waals surface area contributed by atoms with Crippen LogP contribution in [0.25, 0.3) is 33.4 Å². The number of unbranched alkanes of at least 4 members (excludes halogenated alkanes) is 10. The van der Waals surface area contributed by atoms with E-state index in [9.17, 15) is 0 Å². The van der Waals surface area contributed by atoms with Crippen molar-refractivity contribution in [3.8, 4) is 33.4 Å². The molecule has 0 atom stereocenters. The molecule has 0 unspecified atom stereocenters. The first kappa shape index (κ1) is 33.2. The van der Waals surface area contributed by atoms with Crippen molar-refractivity contribution in [2.45, 2.75) is 137 Å². The molecule has 0 aromatic heterocycles. The summed E-state index contributed by atoms with van der Waals surface area (Å²) in [6.45, 7) is 13.6. The summed E-state index contributed by atoms with van der Waals surface area (Å²) in [7, 11) is 0. The first-order valence-corrected chi connectivity index (χ1v) is 18.3. The third-order valence-corrected chi connectivity index (χ3v) is 10.4.